The molecule has 0 bridgehead atoms. The van der Waals surface area contributed by atoms with Gasteiger partial charge in [0.2, 0.25) is 0 Å². The number of anilines is 1. The van der Waals surface area contributed by atoms with Gasteiger partial charge < -0.3 is 10.1 Å². The summed E-state index contributed by atoms with van der Waals surface area (Å²) in [6.45, 7) is 4.05. The van der Waals surface area contributed by atoms with Gasteiger partial charge in [-0.25, -0.2) is 4.79 Å². The van der Waals surface area contributed by atoms with Crippen molar-refractivity contribution in [2.45, 2.75) is 45.4 Å². The Hall–Kier alpha value is -2.14. The lowest BCUT2D eigenvalue weighted by Crippen LogP contribution is -2.20. The first kappa shape index (κ1) is 17.7. The van der Waals surface area contributed by atoms with Crippen molar-refractivity contribution in [1.29, 1.82) is 0 Å². The van der Waals surface area contributed by atoms with E-state index in [-0.39, 0.29) is 12.5 Å². The monoisotopic (exact) mass is 357 g/mol. The minimum absolute atomic E-state index is 0.269. The Bertz CT molecular complexity index is 742. The molecule has 0 radical (unpaired) electrons. The zero-order valence-electron chi connectivity index (χ0n) is 14.6. The number of ether oxygens (including phenoxy) is 1. The van der Waals surface area contributed by atoms with E-state index in [1.165, 1.54) is 27.3 Å². The van der Waals surface area contributed by atoms with Crippen molar-refractivity contribution < 1.29 is 14.3 Å². The number of carbonyl (C=O) groups is 2. The molecular formula is C20H23NO3S. The van der Waals surface area contributed by atoms with Crippen molar-refractivity contribution in [2.24, 2.45) is 0 Å². The Morgan fingerprint density at radius 1 is 1.24 bits per heavy atom. The molecule has 0 unspecified atom stereocenters. The molecule has 25 heavy (non-hydrogen) atoms. The van der Waals surface area contributed by atoms with Gasteiger partial charge in [0.15, 0.2) is 6.61 Å². The lowest BCUT2D eigenvalue weighted by atomic mass is 9.99. The minimum atomic E-state index is -0.415. The van der Waals surface area contributed by atoms with Crippen LogP contribution in [0, 0.1) is 0 Å². The largest absolute Gasteiger partial charge is 0.451 e. The van der Waals surface area contributed by atoms with Crippen LogP contribution in [-0.4, -0.2) is 18.5 Å². The van der Waals surface area contributed by atoms with Gasteiger partial charge in [-0.15, -0.1) is 11.3 Å². The lowest BCUT2D eigenvalue weighted by Gasteiger charge is -2.10. The predicted octanol–water partition coefficient (Wildman–Crippen LogP) is 4.55. The van der Waals surface area contributed by atoms with Crippen LogP contribution in [0.2, 0.25) is 0 Å². The molecule has 4 nitrogen and oxygen atoms in total. The van der Waals surface area contributed by atoms with Crippen molar-refractivity contribution in [2.75, 3.05) is 11.9 Å². The van der Waals surface area contributed by atoms with Crippen LogP contribution < -0.4 is 5.32 Å². The Kier molecular flexibility index (Phi) is 5.53. The zero-order chi connectivity index (χ0) is 17.8. The number of thiophene rings is 1. The molecule has 1 aromatic heterocycles. The highest BCUT2D eigenvalue weighted by Crippen LogP contribution is 2.30. The first-order valence-electron chi connectivity index (χ1n) is 8.75. The number of amides is 1. The second kappa shape index (κ2) is 7.83. The maximum atomic E-state index is 12.1. The normalized spacial score (nSPS) is 14.0. The first-order valence-corrected chi connectivity index (χ1v) is 9.57. The molecule has 1 N–H and O–H groups in total. The maximum absolute atomic E-state index is 12.1. The van der Waals surface area contributed by atoms with Gasteiger partial charge in [-0.3, -0.25) is 4.79 Å². The van der Waals surface area contributed by atoms with Gasteiger partial charge >= 0.3 is 5.97 Å². The van der Waals surface area contributed by atoms with Crippen LogP contribution in [0.4, 0.5) is 5.69 Å². The fourth-order valence-electron chi connectivity index (χ4n) is 2.96. The molecule has 1 aliphatic rings. The van der Waals surface area contributed by atoms with Gasteiger partial charge in [0.25, 0.3) is 5.91 Å². The van der Waals surface area contributed by atoms with E-state index < -0.39 is 5.97 Å². The highest BCUT2D eigenvalue weighted by molar-refractivity contribution is 7.14. The number of benzene rings is 1. The molecule has 1 heterocycles. The van der Waals surface area contributed by atoms with E-state index in [0.717, 1.165) is 25.7 Å². The molecule has 1 amide bonds. The van der Waals surface area contributed by atoms with E-state index >= 15 is 0 Å². The van der Waals surface area contributed by atoms with Crippen LogP contribution in [0.5, 0.6) is 0 Å². The molecule has 1 aromatic carbocycles. The lowest BCUT2D eigenvalue weighted by molar-refractivity contribution is -0.119. The van der Waals surface area contributed by atoms with Gasteiger partial charge in [-0.05, 0) is 60.9 Å². The molecular weight excluding hydrogens is 334 g/mol. The van der Waals surface area contributed by atoms with Crippen LogP contribution in [0.3, 0.4) is 0 Å². The summed E-state index contributed by atoms with van der Waals surface area (Å²) in [4.78, 5) is 25.9. The molecule has 0 spiro atoms. The SMILES string of the molecule is CC[C@@H](C)c1ccc(NC(=O)COC(=O)c2cc3c(s2)CCC3)cc1. The third-order valence-corrected chi connectivity index (χ3v) is 5.88. The van der Waals surface area contributed by atoms with Crippen LogP contribution in [0.25, 0.3) is 0 Å². The van der Waals surface area contributed by atoms with Crippen LogP contribution >= 0.6 is 11.3 Å². The molecule has 132 valence electrons. The molecule has 5 heteroatoms. The van der Waals surface area contributed by atoms with E-state index in [9.17, 15) is 9.59 Å². The molecule has 3 rings (SSSR count). The predicted molar refractivity (Wildman–Crippen MR) is 100 cm³/mol. The number of rotatable bonds is 6. The second-order valence-electron chi connectivity index (χ2n) is 6.47. The summed E-state index contributed by atoms with van der Waals surface area (Å²) in [7, 11) is 0. The smallest absolute Gasteiger partial charge is 0.348 e. The van der Waals surface area contributed by atoms with Crippen molar-refractivity contribution in [3.05, 3.63) is 51.2 Å². The van der Waals surface area contributed by atoms with Crippen molar-refractivity contribution >= 4 is 28.9 Å². The Labute approximate surface area is 152 Å². The summed E-state index contributed by atoms with van der Waals surface area (Å²) in [5, 5.41) is 2.76. The average Bonchev–Trinajstić information content (AvgIpc) is 3.21. The Morgan fingerprint density at radius 3 is 2.68 bits per heavy atom. The maximum Gasteiger partial charge on any atom is 0.348 e. The summed E-state index contributed by atoms with van der Waals surface area (Å²) >= 11 is 1.49. The van der Waals surface area contributed by atoms with Crippen LogP contribution in [-0.2, 0) is 22.4 Å². The summed E-state index contributed by atoms with van der Waals surface area (Å²) in [5.74, 6) is -0.242. The van der Waals surface area contributed by atoms with Gasteiger partial charge in [0.05, 0.1) is 0 Å². The van der Waals surface area contributed by atoms with Gasteiger partial charge in [0, 0.05) is 10.6 Å². The van der Waals surface area contributed by atoms with E-state index in [0.29, 0.717) is 16.5 Å². The molecule has 0 saturated heterocycles. The van der Waals surface area contributed by atoms with Crippen LogP contribution in [0.15, 0.2) is 30.3 Å². The van der Waals surface area contributed by atoms with E-state index in [2.05, 4.69) is 19.2 Å². The summed E-state index contributed by atoms with van der Waals surface area (Å²) in [6, 6.07) is 9.70. The third-order valence-electron chi connectivity index (χ3n) is 4.66. The highest BCUT2D eigenvalue weighted by Gasteiger charge is 2.20. The minimum Gasteiger partial charge on any atom is -0.451 e. The molecule has 1 atom stereocenters. The molecule has 0 fully saturated rings. The van der Waals surface area contributed by atoms with Crippen molar-refractivity contribution in [3.8, 4) is 0 Å². The summed E-state index contributed by atoms with van der Waals surface area (Å²) in [6.07, 6.45) is 4.31. The quantitative estimate of drug-likeness (QED) is 0.772. The highest BCUT2D eigenvalue weighted by atomic mass is 32.1. The fourth-order valence-corrected chi connectivity index (χ4v) is 4.11. The third kappa shape index (κ3) is 4.28. The molecule has 0 aliphatic heterocycles. The number of esters is 1. The van der Waals surface area contributed by atoms with Gasteiger partial charge in [0.1, 0.15) is 4.88 Å². The number of hydrogen-bond donors (Lipinski definition) is 1. The van der Waals surface area contributed by atoms with Gasteiger partial charge in [-0.1, -0.05) is 26.0 Å². The topological polar surface area (TPSA) is 55.4 Å². The standard InChI is InChI=1S/C20H23NO3S/c1-3-13(2)14-7-9-16(10-8-14)21-19(22)12-24-20(23)18-11-15-5-4-6-17(15)25-18/h7-11,13H,3-6,12H2,1-2H3,(H,21,22)/t13-/m1/s1. The fraction of sp³-hybridized carbons (Fsp3) is 0.400. The number of aryl methyl sites for hydroxylation is 2. The first-order chi connectivity index (χ1) is 12.1. The second-order valence-corrected chi connectivity index (χ2v) is 7.60. The molecule has 0 saturated carbocycles. The van der Waals surface area contributed by atoms with Gasteiger partial charge in [-0.2, -0.15) is 0 Å². The van der Waals surface area contributed by atoms with E-state index in [1.807, 2.05) is 30.3 Å². The number of hydrogen-bond acceptors (Lipinski definition) is 4. The Morgan fingerprint density at radius 2 is 2.00 bits per heavy atom. The van der Waals surface area contributed by atoms with Crippen molar-refractivity contribution in [3.63, 3.8) is 0 Å². The average molecular weight is 357 g/mol. The van der Waals surface area contributed by atoms with Crippen molar-refractivity contribution in [1.82, 2.24) is 0 Å². The Balaban J connectivity index is 1.49. The summed E-state index contributed by atoms with van der Waals surface area (Å²) in [5.41, 5.74) is 3.21. The molecule has 2 aromatic rings. The number of carbonyl (C=O) groups excluding carboxylic acids is 2. The number of nitrogens with one attached hydrogen (secondary N) is 1. The summed E-state index contributed by atoms with van der Waals surface area (Å²) < 4.78 is 5.14. The zero-order valence-corrected chi connectivity index (χ0v) is 15.4. The van der Waals surface area contributed by atoms with Crippen LogP contribution in [0.1, 0.15) is 58.3 Å². The van der Waals surface area contributed by atoms with E-state index in [4.69, 9.17) is 4.74 Å². The number of fused-ring (bicyclic) bond motifs is 1. The van der Waals surface area contributed by atoms with E-state index in [1.54, 1.807) is 0 Å². The molecule has 1 aliphatic carbocycles.